The van der Waals surface area contributed by atoms with Crippen LogP contribution in [-0.2, 0) is 6.54 Å². The van der Waals surface area contributed by atoms with Gasteiger partial charge in [0.2, 0.25) is 0 Å². The van der Waals surface area contributed by atoms with Gasteiger partial charge in [0.15, 0.2) is 0 Å². The van der Waals surface area contributed by atoms with Gasteiger partial charge in [-0.25, -0.2) is 5.48 Å². The van der Waals surface area contributed by atoms with Crippen LogP contribution in [0.4, 0.5) is 0 Å². The van der Waals surface area contributed by atoms with E-state index in [4.69, 9.17) is 5.21 Å². The van der Waals surface area contributed by atoms with Crippen molar-refractivity contribution in [1.29, 1.82) is 0 Å². The normalized spacial score (nSPS) is 10.8. The van der Waals surface area contributed by atoms with Crippen molar-refractivity contribution in [2.24, 2.45) is 0 Å². The molecule has 3 N–H and O–H groups in total. The van der Waals surface area contributed by atoms with Crippen LogP contribution in [0.15, 0.2) is 18.2 Å². The molecule has 0 saturated carbocycles. The first-order valence-electron chi connectivity index (χ1n) is 4.33. The number of aromatic hydroxyl groups is 1. The lowest BCUT2D eigenvalue weighted by Crippen LogP contribution is -2.06. The molecule has 0 unspecified atom stereocenters. The molecule has 0 spiro atoms. The van der Waals surface area contributed by atoms with Crippen LogP contribution < -0.4 is 5.48 Å². The molecule has 0 aromatic heterocycles. The van der Waals surface area contributed by atoms with E-state index in [1.54, 1.807) is 12.1 Å². The van der Waals surface area contributed by atoms with E-state index in [1.165, 1.54) is 0 Å². The van der Waals surface area contributed by atoms with Gasteiger partial charge in [0.25, 0.3) is 0 Å². The van der Waals surface area contributed by atoms with E-state index in [2.05, 4.69) is 19.3 Å². The number of hydrogen-bond donors (Lipinski definition) is 3. The van der Waals surface area contributed by atoms with Gasteiger partial charge in [0.05, 0.1) is 0 Å². The summed E-state index contributed by atoms with van der Waals surface area (Å²) in [7, 11) is 0. The predicted octanol–water partition coefficient (Wildman–Crippen LogP) is 1.99. The van der Waals surface area contributed by atoms with Crippen molar-refractivity contribution in [3.63, 3.8) is 0 Å². The van der Waals surface area contributed by atoms with E-state index in [0.717, 1.165) is 11.1 Å². The van der Waals surface area contributed by atoms with Gasteiger partial charge >= 0.3 is 0 Å². The first-order valence-corrected chi connectivity index (χ1v) is 4.33. The summed E-state index contributed by atoms with van der Waals surface area (Å²) in [5.41, 5.74) is 4.02. The minimum atomic E-state index is 0.247. The Balaban J connectivity index is 2.96. The largest absolute Gasteiger partial charge is 0.508 e. The van der Waals surface area contributed by atoms with Crippen molar-refractivity contribution in [3.8, 4) is 5.75 Å². The van der Waals surface area contributed by atoms with Gasteiger partial charge in [-0.05, 0) is 29.2 Å². The van der Waals surface area contributed by atoms with Crippen molar-refractivity contribution in [3.05, 3.63) is 29.3 Å². The molecule has 72 valence electrons. The van der Waals surface area contributed by atoms with E-state index >= 15 is 0 Å². The summed E-state index contributed by atoms with van der Waals surface area (Å²) in [6, 6.07) is 5.34. The van der Waals surface area contributed by atoms with Crippen molar-refractivity contribution in [1.82, 2.24) is 5.48 Å². The third-order valence-electron chi connectivity index (χ3n) is 1.95. The Bertz CT molecular complexity index is 284. The van der Waals surface area contributed by atoms with Crippen LogP contribution in [-0.4, -0.2) is 10.3 Å². The average molecular weight is 181 g/mol. The quantitative estimate of drug-likeness (QED) is 0.625. The molecule has 1 rings (SSSR count). The van der Waals surface area contributed by atoms with Gasteiger partial charge in [-0.15, -0.1) is 0 Å². The maximum Gasteiger partial charge on any atom is 0.116 e. The molecule has 0 radical (unpaired) electrons. The van der Waals surface area contributed by atoms with E-state index in [-0.39, 0.29) is 5.75 Å². The molecule has 0 amide bonds. The van der Waals surface area contributed by atoms with Crippen LogP contribution in [0.5, 0.6) is 5.75 Å². The number of hydroxylamine groups is 1. The molecule has 0 heterocycles. The average Bonchev–Trinajstić information content (AvgIpc) is 2.03. The van der Waals surface area contributed by atoms with Crippen LogP contribution in [0, 0.1) is 0 Å². The zero-order chi connectivity index (χ0) is 9.84. The van der Waals surface area contributed by atoms with Crippen molar-refractivity contribution < 1.29 is 10.3 Å². The molecule has 3 nitrogen and oxygen atoms in total. The van der Waals surface area contributed by atoms with Gasteiger partial charge < -0.3 is 10.3 Å². The predicted molar refractivity (Wildman–Crippen MR) is 50.8 cm³/mol. The van der Waals surface area contributed by atoms with Gasteiger partial charge in [-0.2, -0.15) is 0 Å². The first-order chi connectivity index (χ1) is 6.13. The van der Waals surface area contributed by atoms with E-state index < -0.39 is 0 Å². The summed E-state index contributed by atoms with van der Waals surface area (Å²) in [5, 5.41) is 17.9. The molecule has 1 aromatic carbocycles. The minimum Gasteiger partial charge on any atom is -0.508 e. The Morgan fingerprint density at radius 2 is 2.00 bits per heavy atom. The second kappa shape index (κ2) is 4.25. The number of phenolic OH excluding ortho intramolecular Hbond substituents is 1. The number of rotatable bonds is 3. The first kappa shape index (κ1) is 10.0. The summed E-state index contributed by atoms with van der Waals surface area (Å²) in [6.07, 6.45) is 0. The smallest absolute Gasteiger partial charge is 0.116 e. The Morgan fingerprint density at radius 1 is 1.31 bits per heavy atom. The topological polar surface area (TPSA) is 52.5 Å². The fraction of sp³-hybridized carbons (Fsp3) is 0.400. The molecule has 0 aliphatic heterocycles. The summed E-state index contributed by atoms with van der Waals surface area (Å²) in [6.45, 7) is 4.48. The monoisotopic (exact) mass is 181 g/mol. The number of benzene rings is 1. The van der Waals surface area contributed by atoms with Gasteiger partial charge in [-0.3, -0.25) is 0 Å². The fourth-order valence-electron chi connectivity index (χ4n) is 1.23. The molecule has 3 heteroatoms. The zero-order valence-corrected chi connectivity index (χ0v) is 7.91. The Hall–Kier alpha value is -1.06. The summed E-state index contributed by atoms with van der Waals surface area (Å²) >= 11 is 0. The van der Waals surface area contributed by atoms with Crippen LogP contribution in [0.2, 0.25) is 0 Å². The highest BCUT2D eigenvalue weighted by Crippen LogP contribution is 2.21. The fourth-order valence-corrected chi connectivity index (χ4v) is 1.23. The molecule has 0 atom stereocenters. The third kappa shape index (κ3) is 2.72. The molecule has 0 aliphatic carbocycles. The maximum absolute atomic E-state index is 9.36. The highest BCUT2D eigenvalue weighted by Gasteiger charge is 2.03. The van der Waals surface area contributed by atoms with Crippen molar-refractivity contribution in [2.45, 2.75) is 26.3 Å². The molecule has 13 heavy (non-hydrogen) atoms. The number of hydrogen-bond acceptors (Lipinski definition) is 3. The second-order valence-electron chi connectivity index (χ2n) is 3.42. The van der Waals surface area contributed by atoms with Crippen LogP contribution in [0.25, 0.3) is 0 Å². The molecule has 0 aliphatic rings. The number of phenols is 1. The van der Waals surface area contributed by atoms with Crippen LogP contribution in [0.3, 0.4) is 0 Å². The maximum atomic E-state index is 9.36. The lowest BCUT2D eigenvalue weighted by atomic mass is 10.0. The molecule has 0 fully saturated rings. The highest BCUT2D eigenvalue weighted by atomic mass is 16.5. The summed E-state index contributed by atoms with van der Waals surface area (Å²) < 4.78 is 0. The molecular weight excluding hydrogens is 166 g/mol. The Labute approximate surface area is 78.0 Å². The number of nitrogens with one attached hydrogen (secondary N) is 1. The summed E-state index contributed by atoms with van der Waals surface area (Å²) in [4.78, 5) is 0. The van der Waals surface area contributed by atoms with Gasteiger partial charge in [0, 0.05) is 6.54 Å². The zero-order valence-electron chi connectivity index (χ0n) is 7.91. The molecule has 1 aromatic rings. The van der Waals surface area contributed by atoms with E-state index in [1.807, 2.05) is 6.07 Å². The molecular formula is C10H15NO2. The van der Waals surface area contributed by atoms with Crippen molar-refractivity contribution in [2.75, 3.05) is 0 Å². The van der Waals surface area contributed by atoms with Gasteiger partial charge in [0.1, 0.15) is 5.75 Å². The van der Waals surface area contributed by atoms with E-state index in [9.17, 15) is 5.11 Å². The summed E-state index contributed by atoms with van der Waals surface area (Å²) in [5.74, 6) is 0.626. The second-order valence-corrected chi connectivity index (χ2v) is 3.42. The standard InChI is InChI=1S/C10H15NO2/c1-7(2)9-3-8(6-11-13)4-10(12)5-9/h3-5,7,11-13H,6H2,1-2H3. The van der Waals surface area contributed by atoms with Crippen molar-refractivity contribution >= 4 is 0 Å². The lowest BCUT2D eigenvalue weighted by Gasteiger charge is -2.08. The third-order valence-corrected chi connectivity index (χ3v) is 1.95. The highest BCUT2D eigenvalue weighted by molar-refractivity contribution is 5.34. The lowest BCUT2D eigenvalue weighted by molar-refractivity contribution is 0.161. The van der Waals surface area contributed by atoms with Crippen LogP contribution in [0.1, 0.15) is 30.9 Å². The molecule has 0 bridgehead atoms. The SMILES string of the molecule is CC(C)c1cc(O)cc(CNO)c1. The Morgan fingerprint density at radius 3 is 2.54 bits per heavy atom. The molecule has 0 saturated heterocycles. The van der Waals surface area contributed by atoms with E-state index in [0.29, 0.717) is 12.5 Å². The minimum absolute atomic E-state index is 0.247. The Kier molecular flexibility index (Phi) is 3.28. The van der Waals surface area contributed by atoms with Gasteiger partial charge in [-0.1, -0.05) is 19.9 Å². The van der Waals surface area contributed by atoms with Crippen LogP contribution >= 0.6 is 0 Å².